The summed E-state index contributed by atoms with van der Waals surface area (Å²) in [6, 6.07) is 2.75. The molecule has 0 aromatic heterocycles. The van der Waals surface area contributed by atoms with Gasteiger partial charge in [-0.25, -0.2) is 4.39 Å². The number of hydrogen-bond acceptors (Lipinski definition) is 3. The molecule has 3 nitrogen and oxygen atoms in total. The summed E-state index contributed by atoms with van der Waals surface area (Å²) < 4.78 is 13.3. The number of hydrogen-bond donors (Lipinski definition) is 2. The first-order valence-corrected chi connectivity index (χ1v) is 6.58. The highest BCUT2D eigenvalue weighted by Crippen LogP contribution is 2.38. The van der Waals surface area contributed by atoms with Crippen LogP contribution in [-0.2, 0) is 0 Å². The van der Waals surface area contributed by atoms with E-state index in [1.807, 2.05) is 4.90 Å². The second kappa shape index (κ2) is 9.13. The van der Waals surface area contributed by atoms with Gasteiger partial charge in [-0.3, -0.25) is 4.90 Å². The molecule has 1 aromatic rings. The Morgan fingerprint density at radius 3 is 2.40 bits per heavy atom. The lowest BCUT2D eigenvalue weighted by Crippen LogP contribution is -2.45. The number of benzene rings is 1. The second-order valence-corrected chi connectivity index (χ2v) is 5.04. The zero-order chi connectivity index (χ0) is 13.1. The van der Waals surface area contributed by atoms with Crippen molar-refractivity contribution in [1.29, 1.82) is 0 Å². The van der Waals surface area contributed by atoms with Crippen LogP contribution in [-0.4, -0.2) is 42.9 Å². The van der Waals surface area contributed by atoms with Gasteiger partial charge in [-0.2, -0.15) is 0 Å². The maximum absolute atomic E-state index is 13.3. The maximum atomic E-state index is 13.3. The quantitative estimate of drug-likeness (QED) is 0.860. The van der Waals surface area contributed by atoms with Crippen molar-refractivity contribution in [2.24, 2.45) is 0 Å². The third-order valence-corrected chi connectivity index (χ3v) is 3.99. The molecule has 20 heavy (non-hydrogen) atoms. The molecular formula is C12H17Cl4FN2O. The molecule has 0 radical (unpaired) electrons. The van der Waals surface area contributed by atoms with E-state index in [0.717, 1.165) is 26.2 Å². The molecule has 8 heteroatoms. The molecule has 1 aliphatic rings. The van der Waals surface area contributed by atoms with Crippen molar-refractivity contribution in [3.8, 4) is 5.75 Å². The minimum Gasteiger partial charge on any atom is -0.506 e. The lowest BCUT2D eigenvalue weighted by Gasteiger charge is -2.34. The maximum Gasteiger partial charge on any atom is 0.140 e. The van der Waals surface area contributed by atoms with Gasteiger partial charge in [0.25, 0.3) is 0 Å². The number of halogens is 5. The molecule has 1 fully saturated rings. The van der Waals surface area contributed by atoms with E-state index < -0.39 is 12.7 Å². The van der Waals surface area contributed by atoms with Gasteiger partial charge in [0.15, 0.2) is 0 Å². The Morgan fingerprint density at radius 2 is 1.85 bits per heavy atom. The number of phenols is 1. The van der Waals surface area contributed by atoms with Crippen molar-refractivity contribution >= 4 is 48.0 Å². The van der Waals surface area contributed by atoms with Gasteiger partial charge in [0, 0.05) is 31.7 Å². The molecule has 1 saturated heterocycles. The zero-order valence-electron chi connectivity index (χ0n) is 10.6. The van der Waals surface area contributed by atoms with Crippen molar-refractivity contribution < 1.29 is 9.50 Å². The number of nitrogens with one attached hydrogen (secondary N) is 1. The van der Waals surface area contributed by atoms with E-state index in [9.17, 15) is 9.50 Å². The van der Waals surface area contributed by atoms with E-state index in [1.165, 1.54) is 0 Å². The summed E-state index contributed by atoms with van der Waals surface area (Å²) >= 11 is 11.7. The molecule has 0 unspecified atom stereocenters. The fraction of sp³-hybridized carbons (Fsp3) is 0.500. The fourth-order valence-electron chi connectivity index (χ4n) is 2.19. The Hall–Kier alpha value is 0.0300. The number of phenolic OH excluding ortho intramolecular Hbond substituents is 1. The van der Waals surface area contributed by atoms with E-state index in [1.54, 1.807) is 12.1 Å². The van der Waals surface area contributed by atoms with Crippen LogP contribution in [0.3, 0.4) is 0 Å². The summed E-state index contributed by atoms with van der Waals surface area (Å²) in [4.78, 5) is 2.00. The summed E-state index contributed by atoms with van der Waals surface area (Å²) in [6.45, 7) is 2.56. The average Bonchev–Trinajstić information content (AvgIpc) is 2.41. The Balaban J connectivity index is 0.00000180. The molecule has 2 N–H and O–H groups in total. The van der Waals surface area contributed by atoms with Gasteiger partial charge < -0.3 is 10.4 Å². The number of nitrogens with zero attached hydrogens (tertiary/aromatic N) is 1. The van der Waals surface area contributed by atoms with Crippen LogP contribution in [0.4, 0.5) is 4.39 Å². The molecule has 2 rings (SSSR count). The van der Waals surface area contributed by atoms with E-state index in [-0.39, 0.29) is 40.6 Å². The number of rotatable bonds is 3. The van der Waals surface area contributed by atoms with Gasteiger partial charge in [0.05, 0.1) is 11.1 Å². The number of aromatic hydroxyl groups is 1. The van der Waals surface area contributed by atoms with Crippen LogP contribution < -0.4 is 5.32 Å². The van der Waals surface area contributed by atoms with Crippen molar-refractivity contribution in [3.05, 3.63) is 27.7 Å². The molecule has 0 aliphatic carbocycles. The first-order chi connectivity index (χ1) is 8.65. The minimum absolute atomic E-state index is 0. The van der Waals surface area contributed by atoms with Gasteiger partial charge in [0.2, 0.25) is 0 Å². The van der Waals surface area contributed by atoms with Gasteiger partial charge in [-0.1, -0.05) is 29.3 Å². The Bertz CT molecular complexity index is 430. The molecule has 116 valence electrons. The predicted molar refractivity (Wildman–Crippen MR) is 85.8 cm³/mol. The lowest BCUT2D eigenvalue weighted by atomic mass is 10.0. The van der Waals surface area contributed by atoms with E-state index >= 15 is 0 Å². The fourth-order valence-corrected chi connectivity index (χ4v) is 2.52. The second-order valence-electron chi connectivity index (χ2n) is 4.26. The normalized spacial score (nSPS) is 16.9. The first kappa shape index (κ1) is 20.0. The van der Waals surface area contributed by atoms with Crippen LogP contribution in [0, 0.1) is 0 Å². The lowest BCUT2D eigenvalue weighted by molar-refractivity contribution is 0.145. The van der Waals surface area contributed by atoms with Crippen LogP contribution in [0.15, 0.2) is 12.1 Å². The molecule has 1 atom stereocenters. The average molecular weight is 366 g/mol. The van der Waals surface area contributed by atoms with Gasteiger partial charge in [-0.15, -0.1) is 24.8 Å². The van der Waals surface area contributed by atoms with Crippen molar-refractivity contribution in [2.75, 3.05) is 32.9 Å². The number of piperazine rings is 1. The van der Waals surface area contributed by atoms with E-state index in [0.29, 0.717) is 5.56 Å². The van der Waals surface area contributed by atoms with Crippen LogP contribution in [0.2, 0.25) is 10.0 Å². The van der Waals surface area contributed by atoms with Gasteiger partial charge in [0.1, 0.15) is 17.4 Å². The first-order valence-electron chi connectivity index (χ1n) is 5.82. The summed E-state index contributed by atoms with van der Waals surface area (Å²) in [5.74, 6) is -0.120. The molecule has 0 amide bonds. The molecular weight excluding hydrogens is 349 g/mol. The Kier molecular flexibility index (Phi) is 9.14. The zero-order valence-corrected chi connectivity index (χ0v) is 13.8. The summed E-state index contributed by atoms with van der Waals surface area (Å²) in [6.07, 6.45) is 0. The Labute approximate surface area is 140 Å². The third-order valence-electron chi connectivity index (χ3n) is 3.20. The SMILES string of the molecule is Cl.Cl.Oc1c([C@@H](CF)N2CCNCC2)ccc(Cl)c1Cl. The van der Waals surface area contributed by atoms with Crippen molar-refractivity contribution in [3.63, 3.8) is 0 Å². The monoisotopic (exact) mass is 364 g/mol. The standard InChI is InChI=1S/C12H15Cl2FN2O.2ClH/c13-9-2-1-8(12(18)11(9)14)10(7-15)17-5-3-16-4-6-17;;/h1-2,10,16,18H,3-7H2;2*1H/t10-;;/m1../s1. The highest BCUT2D eigenvalue weighted by molar-refractivity contribution is 6.43. The number of alkyl halides is 1. The summed E-state index contributed by atoms with van der Waals surface area (Å²) in [5, 5.41) is 13.6. The minimum atomic E-state index is -0.564. The Morgan fingerprint density at radius 1 is 1.25 bits per heavy atom. The van der Waals surface area contributed by atoms with Crippen LogP contribution >= 0.6 is 48.0 Å². The van der Waals surface area contributed by atoms with Crippen LogP contribution in [0.1, 0.15) is 11.6 Å². The predicted octanol–water partition coefficient (Wildman–Crippen LogP) is 3.46. The molecule has 0 bridgehead atoms. The smallest absolute Gasteiger partial charge is 0.140 e. The van der Waals surface area contributed by atoms with Crippen molar-refractivity contribution in [2.45, 2.75) is 6.04 Å². The van der Waals surface area contributed by atoms with Gasteiger partial charge in [-0.05, 0) is 6.07 Å². The molecule has 0 saturated carbocycles. The summed E-state index contributed by atoms with van der Waals surface area (Å²) in [5.41, 5.74) is 0.494. The molecule has 0 spiro atoms. The van der Waals surface area contributed by atoms with Crippen LogP contribution in [0.5, 0.6) is 5.75 Å². The van der Waals surface area contributed by atoms with Crippen molar-refractivity contribution in [1.82, 2.24) is 10.2 Å². The molecule has 1 aromatic carbocycles. The van der Waals surface area contributed by atoms with E-state index in [4.69, 9.17) is 23.2 Å². The van der Waals surface area contributed by atoms with Gasteiger partial charge >= 0.3 is 0 Å². The highest BCUT2D eigenvalue weighted by Gasteiger charge is 2.25. The van der Waals surface area contributed by atoms with E-state index in [2.05, 4.69) is 5.32 Å². The third kappa shape index (κ3) is 4.26. The highest BCUT2D eigenvalue weighted by atomic mass is 35.5. The largest absolute Gasteiger partial charge is 0.506 e. The van der Waals surface area contributed by atoms with Crippen LogP contribution in [0.25, 0.3) is 0 Å². The summed E-state index contributed by atoms with van der Waals surface area (Å²) in [7, 11) is 0. The topological polar surface area (TPSA) is 35.5 Å². The molecule has 1 heterocycles. The molecule has 1 aliphatic heterocycles.